The van der Waals surface area contributed by atoms with E-state index in [1.165, 1.54) is 6.08 Å². The van der Waals surface area contributed by atoms with Crippen LogP contribution >= 0.6 is 11.6 Å². The summed E-state index contributed by atoms with van der Waals surface area (Å²) in [4.78, 5) is 26.5. The van der Waals surface area contributed by atoms with Crippen LogP contribution in [0.15, 0.2) is 31.0 Å². The number of amides is 2. The molecule has 2 aromatic heterocycles. The molecule has 0 spiro atoms. The zero-order valence-electron chi connectivity index (χ0n) is 20.2. The Kier molecular flexibility index (Phi) is 7.24. The summed E-state index contributed by atoms with van der Waals surface area (Å²) in [7, 11) is 3.26. The van der Waals surface area contributed by atoms with Crippen LogP contribution in [-0.2, 0) is 9.53 Å². The number of ether oxygens (including phenoxy) is 1. The molecule has 1 fully saturated rings. The Labute approximate surface area is 213 Å². The molecule has 4 rings (SSSR count). The molecular weight excluding hydrogens is 482 g/mol. The first-order valence-electron chi connectivity index (χ1n) is 11.2. The molecule has 2 amide bonds. The van der Waals surface area contributed by atoms with E-state index in [0.29, 0.717) is 41.5 Å². The fraction of sp³-hybridized carbons (Fsp3) is 0.320. The molecule has 3 heterocycles. The number of primary amides is 1. The van der Waals surface area contributed by atoms with Crippen LogP contribution in [0.1, 0.15) is 39.6 Å². The second-order valence-electron chi connectivity index (χ2n) is 8.45. The number of methoxy groups -OCH3 is 1. The Bertz CT molecular complexity index is 1420. The van der Waals surface area contributed by atoms with Crippen LogP contribution in [0.25, 0.3) is 10.9 Å². The lowest BCUT2D eigenvalue weighted by Gasteiger charge is -2.22. The van der Waals surface area contributed by atoms with Crippen molar-refractivity contribution < 1.29 is 14.3 Å². The monoisotopic (exact) mass is 507 g/mol. The van der Waals surface area contributed by atoms with Crippen LogP contribution in [0.5, 0.6) is 0 Å². The lowest BCUT2D eigenvalue weighted by Crippen LogP contribution is -2.37. The first-order chi connectivity index (χ1) is 17.3. The van der Waals surface area contributed by atoms with E-state index in [1.807, 2.05) is 6.92 Å². The summed E-state index contributed by atoms with van der Waals surface area (Å²) in [5, 5.41) is 17.1. The highest BCUT2D eigenvalue weighted by Gasteiger charge is 2.37. The number of benzene rings is 1. The van der Waals surface area contributed by atoms with Gasteiger partial charge in [0.2, 0.25) is 5.91 Å². The summed E-state index contributed by atoms with van der Waals surface area (Å²) in [5.74, 6) is 5.50. The molecule has 1 saturated heterocycles. The summed E-state index contributed by atoms with van der Waals surface area (Å²) >= 11 is 6.48. The molecule has 2 atom stereocenters. The van der Waals surface area contributed by atoms with Crippen molar-refractivity contribution in [3.63, 3.8) is 0 Å². The zero-order chi connectivity index (χ0) is 26.0. The molecule has 3 aromatic rings. The predicted octanol–water partition coefficient (Wildman–Crippen LogP) is 2.30. The average Bonchev–Trinajstić information content (AvgIpc) is 3.44. The highest BCUT2D eigenvalue weighted by atomic mass is 35.5. The molecule has 36 heavy (non-hydrogen) atoms. The molecule has 3 N–H and O–H groups in total. The molecule has 1 aromatic carbocycles. The number of aromatic nitrogens is 4. The van der Waals surface area contributed by atoms with E-state index in [-0.39, 0.29) is 29.2 Å². The number of halogens is 1. The Hall–Kier alpha value is -3.94. The summed E-state index contributed by atoms with van der Waals surface area (Å²) in [5.41, 5.74) is 8.21. The molecule has 10 nitrogen and oxygen atoms in total. The van der Waals surface area contributed by atoms with Gasteiger partial charge in [0, 0.05) is 31.7 Å². The van der Waals surface area contributed by atoms with Crippen molar-refractivity contribution in [2.24, 2.45) is 5.73 Å². The number of nitrogens with two attached hydrogens (primary N) is 1. The Morgan fingerprint density at radius 2 is 2.17 bits per heavy atom. The van der Waals surface area contributed by atoms with Gasteiger partial charge in [-0.05, 0) is 43.0 Å². The van der Waals surface area contributed by atoms with Gasteiger partial charge >= 0.3 is 0 Å². The van der Waals surface area contributed by atoms with Crippen LogP contribution < -0.4 is 11.1 Å². The van der Waals surface area contributed by atoms with E-state index >= 15 is 0 Å². The fourth-order valence-electron chi connectivity index (χ4n) is 4.50. The normalized spacial score (nSPS) is 17.1. The third kappa shape index (κ3) is 4.63. The van der Waals surface area contributed by atoms with Crippen molar-refractivity contribution in [3.05, 3.63) is 58.4 Å². The number of rotatable bonds is 6. The maximum Gasteiger partial charge on any atom is 0.255 e. The van der Waals surface area contributed by atoms with Gasteiger partial charge in [0.05, 0.1) is 35.4 Å². The Morgan fingerprint density at radius 1 is 1.39 bits per heavy atom. The molecule has 0 saturated carbocycles. The van der Waals surface area contributed by atoms with Crippen molar-refractivity contribution in [3.8, 4) is 11.8 Å². The lowest BCUT2D eigenvalue weighted by atomic mass is 10.1. The van der Waals surface area contributed by atoms with Crippen LogP contribution in [0, 0.1) is 18.8 Å². The smallest absolute Gasteiger partial charge is 0.255 e. The van der Waals surface area contributed by atoms with Crippen LogP contribution in [0.4, 0.5) is 5.82 Å². The van der Waals surface area contributed by atoms with Gasteiger partial charge in [-0.25, -0.2) is 4.68 Å². The van der Waals surface area contributed by atoms with Gasteiger partial charge in [0.1, 0.15) is 11.4 Å². The number of nitrogens with one attached hydrogen (secondary N) is 1. The molecule has 0 unspecified atom stereocenters. The predicted molar refractivity (Wildman–Crippen MR) is 137 cm³/mol. The van der Waals surface area contributed by atoms with Crippen LogP contribution in [0.2, 0.25) is 5.02 Å². The maximum atomic E-state index is 12.4. The molecule has 0 bridgehead atoms. The van der Waals surface area contributed by atoms with Gasteiger partial charge in [-0.1, -0.05) is 24.1 Å². The van der Waals surface area contributed by atoms with Crippen molar-refractivity contribution in [2.45, 2.75) is 25.4 Å². The van der Waals surface area contributed by atoms with Gasteiger partial charge in [-0.3, -0.25) is 9.59 Å². The Balaban J connectivity index is 1.76. The van der Waals surface area contributed by atoms with Crippen molar-refractivity contribution in [1.29, 1.82) is 0 Å². The maximum absolute atomic E-state index is 12.4. The highest BCUT2D eigenvalue weighted by molar-refractivity contribution is 6.32. The minimum atomic E-state index is -0.675. The van der Waals surface area contributed by atoms with E-state index in [9.17, 15) is 9.59 Å². The fourth-order valence-corrected chi connectivity index (χ4v) is 4.71. The molecule has 0 aliphatic carbocycles. The largest absolute Gasteiger partial charge is 0.383 e. The number of carbonyl (C=O) groups excluding carboxylic acids is 2. The van der Waals surface area contributed by atoms with Crippen molar-refractivity contribution in [2.75, 3.05) is 32.6 Å². The van der Waals surface area contributed by atoms with Gasteiger partial charge in [-0.15, -0.1) is 0 Å². The number of aryl methyl sites for hydroxylation is 1. The Morgan fingerprint density at radius 3 is 2.83 bits per heavy atom. The van der Waals surface area contributed by atoms with Crippen LogP contribution in [0.3, 0.4) is 0 Å². The molecule has 0 radical (unpaired) electrons. The number of hydrogen-bond acceptors (Lipinski definition) is 7. The average molecular weight is 508 g/mol. The molecule has 186 valence electrons. The second-order valence-corrected chi connectivity index (χ2v) is 8.86. The molecule has 1 aliphatic rings. The standard InChI is InChI=1S/C25H26ClN7O3/c1-5-22(34)32-12-16(9-17(32)13-36-4)33-25(28-3)23(24(27)35)20(31-33)7-6-15-8-21-18(10-19(15)26)14(2)11-29-30-21/h5,8,10-11,16-17,28H,1,9,12-13H2,2-4H3,(H2,27,35)/t16-,17+/m0/s1. The minimum absolute atomic E-state index is 0.160. The third-order valence-electron chi connectivity index (χ3n) is 6.19. The van der Waals surface area contributed by atoms with Gasteiger partial charge in [0.15, 0.2) is 5.69 Å². The molecule has 1 aliphatic heterocycles. The number of hydrogen-bond donors (Lipinski definition) is 2. The number of nitrogens with zero attached hydrogens (tertiary/aromatic N) is 5. The highest BCUT2D eigenvalue weighted by Crippen LogP contribution is 2.32. The van der Waals surface area contributed by atoms with Gasteiger partial charge < -0.3 is 20.7 Å². The number of likely N-dealkylation sites (tertiary alicyclic amines) is 1. The second kappa shape index (κ2) is 10.4. The van der Waals surface area contributed by atoms with Gasteiger partial charge in [-0.2, -0.15) is 15.3 Å². The zero-order valence-corrected chi connectivity index (χ0v) is 21.0. The first kappa shape index (κ1) is 25.2. The van der Waals surface area contributed by atoms with Gasteiger partial charge in [0.25, 0.3) is 5.91 Å². The third-order valence-corrected chi connectivity index (χ3v) is 6.50. The van der Waals surface area contributed by atoms with E-state index in [2.05, 4.69) is 39.0 Å². The molecule has 11 heteroatoms. The SMILES string of the molecule is C=CC(=O)N1C[C@@H](n2nc(C#Cc3cc4nncc(C)c4cc3Cl)c(C(N)=O)c2NC)C[C@@H]1COC. The first-order valence-corrected chi connectivity index (χ1v) is 11.6. The van der Waals surface area contributed by atoms with Crippen molar-refractivity contribution >= 4 is 40.1 Å². The number of anilines is 1. The van der Waals surface area contributed by atoms with E-state index < -0.39 is 5.91 Å². The van der Waals surface area contributed by atoms with E-state index in [0.717, 1.165) is 10.9 Å². The van der Waals surface area contributed by atoms with Crippen molar-refractivity contribution in [1.82, 2.24) is 24.9 Å². The minimum Gasteiger partial charge on any atom is -0.383 e. The summed E-state index contributed by atoms with van der Waals surface area (Å²) in [6, 6.07) is 3.15. The number of carbonyl (C=O) groups is 2. The topological polar surface area (TPSA) is 128 Å². The summed E-state index contributed by atoms with van der Waals surface area (Å²) < 4.78 is 6.97. The number of fused-ring (bicyclic) bond motifs is 1. The lowest BCUT2D eigenvalue weighted by molar-refractivity contribution is -0.127. The quantitative estimate of drug-likeness (QED) is 0.387. The van der Waals surface area contributed by atoms with Crippen LogP contribution in [-0.4, -0.2) is 70.0 Å². The molecular formula is C25H26ClN7O3. The van der Waals surface area contributed by atoms with E-state index in [4.69, 9.17) is 22.1 Å². The summed E-state index contributed by atoms with van der Waals surface area (Å²) in [6.07, 6.45) is 3.51. The van der Waals surface area contributed by atoms with E-state index in [1.54, 1.807) is 42.1 Å². The summed E-state index contributed by atoms with van der Waals surface area (Å²) in [6.45, 7) is 6.25.